The zero-order valence-electron chi connectivity index (χ0n) is 21.2. The fourth-order valence-electron chi connectivity index (χ4n) is 5.04. The molecule has 37 heavy (non-hydrogen) atoms. The van der Waals surface area contributed by atoms with Gasteiger partial charge in [0.2, 0.25) is 0 Å². The van der Waals surface area contributed by atoms with Crippen molar-refractivity contribution in [3.8, 4) is 0 Å². The van der Waals surface area contributed by atoms with E-state index in [0.717, 1.165) is 31.4 Å². The first kappa shape index (κ1) is 25.4. The standard InChI is InChI=1S/C26H34N6O5/c1-4-27-26(33)31-22-19-23(29-14-28-22)32(15-30-19)24-21-20(18(35-24)13-9-10-16(3)34-5-2)36-25(37-21)17-11-7-6-8-12-17/h6-8,11,14-15,17-18,20-21,24-25H,3-5,9-10,12-13H2,1-2H3,(H2,27,28,29,31,33)/t17?,18?,20?,21?,24?,25-/m0/s1. The van der Waals surface area contributed by atoms with Gasteiger partial charge in [-0.15, -0.1) is 0 Å². The highest BCUT2D eigenvalue weighted by Crippen LogP contribution is 2.44. The smallest absolute Gasteiger partial charge is 0.320 e. The van der Waals surface area contributed by atoms with Crippen LogP contribution in [0.3, 0.4) is 0 Å². The van der Waals surface area contributed by atoms with Gasteiger partial charge >= 0.3 is 6.03 Å². The molecular formula is C26H34N6O5. The number of imidazole rings is 1. The van der Waals surface area contributed by atoms with Crippen LogP contribution >= 0.6 is 0 Å². The molecule has 2 saturated heterocycles. The molecule has 0 saturated carbocycles. The van der Waals surface area contributed by atoms with Crippen molar-refractivity contribution in [3.05, 3.63) is 49.3 Å². The van der Waals surface area contributed by atoms with Crippen LogP contribution < -0.4 is 10.6 Å². The largest absolute Gasteiger partial charge is 0.499 e. The molecule has 3 aliphatic rings. The van der Waals surface area contributed by atoms with E-state index >= 15 is 0 Å². The van der Waals surface area contributed by atoms with Gasteiger partial charge in [0, 0.05) is 18.9 Å². The molecular weight excluding hydrogens is 476 g/mol. The number of aromatic nitrogens is 4. The highest BCUT2D eigenvalue weighted by Gasteiger charge is 2.54. The second kappa shape index (κ2) is 11.4. The van der Waals surface area contributed by atoms with Gasteiger partial charge in [-0.3, -0.25) is 9.88 Å². The lowest BCUT2D eigenvalue weighted by Crippen LogP contribution is -2.29. The fraction of sp³-hybridized carbons (Fsp3) is 0.538. The van der Waals surface area contributed by atoms with Gasteiger partial charge in [-0.25, -0.2) is 19.7 Å². The number of rotatable bonds is 10. The third-order valence-electron chi connectivity index (χ3n) is 6.73. The number of urea groups is 1. The second-order valence-electron chi connectivity index (χ2n) is 9.24. The molecule has 2 N–H and O–H groups in total. The van der Waals surface area contributed by atoms with E-state index in [-0.39, 0.29) is 36.6 Å². The van der Waals surface area contributed by atoms with Crippen LogP contribution in [0.2, 0.25) is 0 Å². The maximum absolute atomic E-state index is 12.1. The van der Waals surface area contributed by atoms with E-state index in [0.29, 0.717) is 30.1 Å². The zero-order chi connectivity index (χ0) is 25.8. The molecule has 6 atom stereocenters. The maximum Gasteiger partial charge on any atom is 0.320 e. The van der Waals surface area contributed by atoms with E-state index in [4.69, 9.17) is 18.9 Å². The van der Waals surface area contributed by atoms with Crippen LogP contribution in [-0.4, -0.2) is 63.3 Å². The van der Waals surface area contributed by atoms with Crippen LogP contribution in [0.25, 0.3) is 11.2 Å². The minimum absolute atomic E-state index is 0.143. The number of nitrogens with zero attached hydrogens (tertiary/aromatic N) is 4. The Morgan fingerprint density at radius 1 is 1.19 bits per heavy atom. The summed E-state index contributed by atoms with van der Waals surface area (Å²) >= 11 is 0. The molecule has 5 rings (SSSR count). The summed E-state index contributed by atoms with van der Waals surface area (Å²) in [6.07, 6.45) is 13.0. The second-order valence-corrected chi connectivity index (χ2v) is 9.24. The minimum atomic E-state index is -0.490. The number of anilines is 1. The normalized spacial score (nSPS) is 28.4. The van der Waals surface area contributed by atoms with Crippen LogP contribution in [0.4, 0.5) is 10.6 Å². The van der Waals surface area contributed by atoms with E-state index < -0.39 is 6.23 Å². The van der Waals surface area contributed by atoms with Gasteiger partial charge < -0.3 is 24.3 Å². The number of carbonyl (C=O) groups excluding carboxylic acids is 1. The highest BCUT2D eigenvalue weighted by atomic mass is 16.8. The number of nitrogens with one attached hydrogen (secondary N) is 2. The monoisotopic (exact) mass is 510 g/mol. The first-order valence-electron chi connectivity index (χ1n) is 12.9. The van der Waals surface area contributed by atoms with Gasteiger partial charge in [0.15, 0.2) is 29.5 Å². The van der Waals surface area contributed by atoms with Crippen molar-refractivity contribution in [1.29, 1.82) is 0 Å². The lowest BCUT2D eigenvalue weighted by molar-refractivity contribution is -0.159. The molecule has 0 bridgehead atoms. The maximum atomic E-state index is 12.1. The van der Waals surface area contributed by atoms with Crippen molar-refractivity contribution in [2.45, 2.75) is 70.4 Å². The van der Waals surface area contributed by atoms with Gasteiger partial charge in [0.25, 0.3) is 0 Å². The summed E-state index contributed by atoms with van der Waals surface area (Å²) in [5.74, 6) is 1.25. The SMILES string of the molecule is C=C(CCCC1OC(n2cnc3c(NC(=O)NCC)ncnc32)C2O[C@@H](C3C=CC=CC3)OC12)OCC. The number of carbonyl (C=O) groups is 1. The molecule has 2 aromatic heterocycles. The molecule has 2 fully saturated rings. The van der Waals surface area contributed by atoms with Crippen LogP contribution in [0.15, 0.2) is 49.3 Å². The Balaban J connectivity index is 1.37. The van der Waals surface area contributed by atoms with Crippen LogP contribution in [0, 0.1) is 5.92 Å². The molecule has 4 heterocycles. The van der Waals surface area contributed by atoms with E-state index in [2.05, 4.69) is 44.3 Å². The first-order valence-corrected chi connectivity index (χ1v) is 12.9. The summed E-state index contributed by atoms with van der Waals surface area (Å²) in [6.45, 7) is 8.89. The lowest BCUT2D eigenvalue weighted by Gasteiger charge is -2.25. The number of hydrogen-bond acceptors (Lipinski definition) is 8. The number of allylic oxidation sites excluding steroid dienone is 4. The third-order valence-corrected chi connectivity index (χ3v) is 6.73. The van der Waals surface area contributed by atoms with Gasteiger partial charge in [0.05, 0.1) is 24.8 Å². The van der Waals surface area contributed by atoms with Crippen LogP contribution in [0.5, 0.6) is 0 Å². The molecule has 0 radical (unpaired) electrons. The number of hydrogen-bond donors (Lipinski definition) is 2. The summed E-state index contributed by atoms with van der Waals surface area (Å²) in [5, 5.41) is 5.43. The molecule has 198 valence electrons. The van der Waals surface area contributed by atoms with E-state index in [1.54, 1.807) is 6.33 Å². The predicted molar refractivity (Wildman–Crippen MR) is 136 cm³/mol. The average Bonchev–Trinajstić information content (AvgIpc) is 3.60. The average molecular weight is 511 g/mol. The Bertz CT molecular complexity index is 1180. The highest BCUT2D eigenvalue weighted by molar-refractivity contribution is 5.95. The molecule has 0 aromatic carbocycles. The summed E-state index contributed by atoms with van der Waals surface area (Å²) in [4.78, 5) is 25.2. The summed E-state index contributed by atoms with van der Waals surface area (Å²) in [6, 6.07) is -0.354. The molecule has 2 aromatic rings. The van der Waals surface area contributed by atoms with Gasteiger partial charge in [-0.2, -0.15) is 0 Å². The lowest BCUT2D eigenvalue weighted by atomic mass is 10.0. The minimum Gasteiger partial charge on any atom is -0.499 e. The van der Waals surface area contributed by atoms with Gasteiger partial charge in [0.1, 0.15) is 18.5 Å². The molecule has 2 amide bonds. The van der Waals surface area contributed by atoms with Crippen LogP contribution in [0.1, 0.15) is 45.8 Å². The predicted octanol–water partition coefficient (Wildman–Crippen LogP) is 3.83. The molecule has 1 aliphatic carbocycles. The van der Waals surface area contributed by atoms with E-state index in [1.165, 1.54) is 6.33 Å². The van der Waals surface area contributed by atoms with Gasteiger partial charge in [-0.05, 0) is 33.1 Å². The molecule has 11 heteroatoms. The van der Waals surface area contributed by atoms with Crippen molar-refractivity contribution < 1.29 is 23.7 Å². The van der Waals surface area contributed by atoms with Crippen molar-refractivity contribution in [2.24, 2.45) is 5.92 Å². The number of fused-ring (bicyclic) bond motifs is 2. The van der Waals surface area contributed by atoms with Crippen molar-refractivity contribution in [3.63, 3.8) is 0 Å². The van der Waals surface area contributed by atoms with Crippen molar-refractivity contribution >= 4 is 23.0 Å². The van der Waals surface area contributed by atoms with Crippen LogP contribution in [-0.2, 0) is 18.9 Å². The Morgan fingerprint density at radius 3 is 2.84 bits per heavy atom. The summed E-state index contributed by atoms with van der Waals surface area (Å²) in [5.41, 5.74) is 1.02. The molecule has 2 aliphatic heterocycles. The van der Waals surface area contributed by atoms with Crippen molar-refractivity contribution in [2.75, 3.05) is 18.5 Å². The summed E-state index contributed by atoms with van der Waals surface area (Å²) < 4.78 is 26.8. The Morgan fingerprint density at radius 2 is 2.05 bits per heavy atom. The van der Waals surface area contributed by atoms with E-state index in [9.17, 15) is 4.79 Å². The third kappa shape index (κ3) is 5.39. The quantitative estimate of drug-likeness (QED) is 0.463. The first-order chi connectivity index (χ1) is 18.1. The molecule has 5 unspecified atom stereocenters. The molecule has 11 nitrogen and oxygen atoms in total. The topological polar surface area (TPSA) is 122 Å². The van der Waals surface area contributed by atoms with Gasteiger partial charge in [-0.1, -0.05) is 30.9 Å². The zero-order valence-corrected chi connectivity index (χ0v) is 21.2. The summed E-state index contributed by atoms with van der Waals surface area (Å²) in [7, 11) is 0. The molecule has 0 spiro atoms. The van der Waals surface area contributed by atoms with E-state index in [1.807, 2.05) is 30.6 Å². The number of amides is 2. The fourth-order valence-corrected chi connectivity index (χ4v) is 5.04. The van der Waals surface area contributed by atoms with Crippen molar-refractivity contribution in [1.82, 2.24) is 24.8 Å². The Labute approximate surface area is 215 Å². The Hall–Kier alpha value is -3.28. The number of ether oxygens (including phenoxy) is 4. The Kier molecular flexibility index (Phi) is 7.82.